The average Bonchev–Trinajstić information content (AvgIpc) is 3.03. The maximum Gasteiger partial charge on any atom is 0.416 e. The van der Waals surface area contributed by atoms with Crippen molar-refractivity contribution in [2.24, 2.45) is 0 Å². The second-order valence-corrected chi connectivity index (χ2v) is 11.0. The Balaban J connectivity index is 1.37. The minimum atomic E-state index is -4.59. The van der Waals surface area contributed by atoms with Gasteiger partial charge in [0.2, 0.25) is 5.95 Å². The summed E-state index contributed by atoms with van der Waals surface area (Å²) in [7, 11) is 5.48. The molecule has 0 fully saturated rings. The summed E-state index contributed by atoms with van der Waals surface area (Å²) >= 11 is 0. The van der Waals surface area contributed by atoms with E-state index in [1.807, 2.05) is 38.1 Å². The zero-order valence-electron chi connectivity index (χ0n) is 25.7. The molecule has 0 radical (unpaired) electrons. The van der Waals surface area contributed by atoms with Crippen molar-refractivity contribution in [3.05, 3.63) is 95.7 Å². The molecular formula is C32H33F3N10O. The first kappa shape index (κ1) is 32.0. The number of aryl methyl sites for hydroxylation is 1. The van der Waals surface area contributed by atoms with Crippen molar-refractivity contribution in [1.82, 2.24) is 29.8 Å². The van der Waals surface area contributed by atoms with Crippen LogP contribution in [0.4, 0.5) is 42.0 Å². The highest BCUT2D eigenvalue weighted by atomic mass is 19.4. The van der Waals surface area contributed by atoms with Crippen molar-refractivity contribution >= 4 is 45.8 Å². The number of carbonyl (C=O) groups excluding carboxylic acids is 1. The van der Waals surface area contributed by atoms with Crippen molar-refractivity contribution in [3.8, 4) is 0 Å². The number of amides is 1. The average molecular weight is 631 g/mol. The number of alkyl halides is 3. The molecule has 0 unspecified atom stereocenters. The molecule has 3 aromatic heterocycles. The van der Waals surface area contributed by atoms with E-state index in [0.29, 0.717) is 53.8 Å². The Morgan fingerprint density at radius 1 is 0.935 bits per heavy atom. The van der Waals surface area contributed by atoms with Crippen molar-refractivity contribution in [2.75, 3.05) is 55.1 Å². The number of aromatic nitrogens is 5. The number of hydrogen-bond donors (Lipinski definition) is 3. The van der Waals surface area contributed by atoms with Crippen LogP contribution in [0, 0.1) is 6.92 Å². The number of likely N-dealkylation sites (N-methyl/N-ethyl adjacent to an activating group) is 2. The van der Waals surface area contributed by atoms with Crippen molar-refractivity contribution < 1.29 is 18.0 Å². The molecule has 0 saturated heterocycles. The molecule has 5 aromatic rings. The second kappa shape index (κ2) is 13.7. The lowest BCUT2D eigenvalue weighted by molar-refractivity contribution is -0.137. The Morgan fingerprint density at radius 2 is 1.72 bits per heavy atom. The van der Waals surface area contributed by atoms with Crippen LogP contribution in [0.2, 0.25) is 0 Å². The van der Waals surface area contributed by atoms with Gasteiger partial charge in [-0.1, -0.05) is 6.07 Å². The number of carbonyl (C=O) groups is 1. The molecule has 0 aliphatic heterocycles. The zero-order valence-corrected chi connectivity index (χ0v) is 25.7. The van der Waals surface area contributed by atoms with Gasteiger partial charge in [-0.3, -0.25) is 9.78 Å². The molecule has 3 heterocycles. The number of hydrogen-bond acceptors (Lipinski definition) is 10. The summed E-state index contributed by atoms with van der Waals surface area (Å²) in [5.41, 5.74) is 3.09. The number of nitrogens with one attached hydrogen (secondary N) is 3. The second-order valence-electron chi connectivity index (χ2n) is 11.0. The van der Waals surface area contributed by atoms with Crippen molar-refractivity contribution in [2.45, 2.75) is 19.6 Å². The third-order valence-corrected chi connectivity index (χ3v) is 7.16. The molecule has 0 aliphatic carbocycles. The van der Waals surface area contributed by atoms with Gasteiger partial charge in [0.1, 0.15) is 17.4 Å². The minimum absolute atomic E-state index is 0.0342. The van der Waals surface area contributed by atoms with Gasteiger partial charge in [-0.15, -0.1) is 0 Å². The summed E-state index contributed by atoms with van der Waals surface area (Å²) in [5, 5.41) is 9.06. The van der Waals surface area contributed by atoms with Gasteiger partial charge in [0.05, 0.1) is 11.8 Å². The van der Waals surface area contributed by atoms with E-state index in [-0.39, 0.29) is 11.3 Å². The van der Waals surface area contributed by atoms with Gasteiger partial charge in [-0.25, -0.2) is 19.9 Å². The standard InChI is InChI=1S/C32H33F3N10O/c1-20-5-6-22(30(46)41-24-14-23(32(33,34)35)15-25(16-24)45(4)12-11-44(2)3)13-26(20)42-29-28-27(39-19-40-29)18-38-31(43-28)37-17-21-7-9-36-10-8-21/h5-10,13-16,18-19H,11-12,17H2,1-4H3,(H,41,46)(H,37,38,43)(H,39,40,42). The maximum atomic E-state index is 13.8. The Bertz CT molecular complexity index is 1830. The molecule has 238 valence electrons. The smallest absolute Gasteiger partial charge is 0.373 e. The van der Waals surface area contributed by atoms with E-state index < -0.39 is 17.6 Å². The number of rotatable bonds is 11. The molecule has 11 nitrogen and oxygen atoms in total. The largest absolute Gasteiger partial charge is 0.416 e. The monoisotopic (exact) mass is 630 g/mol. The highest BCUT2D eigenvalue weighted by molar-refractivity contribution is 6.05. The van der Waals surface area contributed by atoms with Gasteiger partial charge < -0.3 is 25.8 Å². The number of anilines is 5. The fraction of sp³-hybridized carbons (Fsp3) is 0.250. The molecular weight excluding hydrogens is 597 g/mol. The number of benzene rings is 2. The van der Waals surface area contributed by atoms with E-state index in [9.17, 15) is 18.0 Å². The van der Waals surface area contributed by atoms with Gasteiger partial charge in [0, 0.05) is 61.7 Å². The quantitative estimate of drug-likeness (QED) is 0.166. The van der Waals surface area contributed by atoms with E-state index >= 15 is 0 Å². The van der Waals surface area contributed by atoms with Gasteiger partial charge in [-0.05, 0) is 74.6 Å². The number of pyridine rings is 1. The molecule has 1 amide bonds. The molecule has 14 heteroatoms. The first-order valence-corrected chi connectivity index (χ1v) is 14.3. The van der Waals surface area contributed by atoms with Gasteiger partial charge in [0.25, 0.3) is 5.91 Å². The Morgan fingerprint density at radius 3 is 2.46 bits per heavy atom. The van der Waals surface area contributed by atoms with E-state index in [2.05, 4.69) is 40.9 Å². The van der Waals surface area contributed by atoms with Crippen LogP contribution in [0.5, 0.6) is 0 Å². The third kappa shape index (κ3) is 8.01. The van der Waals surface area contributed by atoms with E-state index in [0.717, 1.165) is 23.3 Å². The summed E-state index contributed by atoms with van der Waals surface area (Å²) in [6.07, 6.45) is 1.78. The van der Waals surface area contributed by atoms with E-state index in [4.69, 9.17) is 0 Å². The summed E-state index contributed by atoms with van der Waals surface area (Å²) in [5.74, 6) is 0.199. The molecule has 0 atom stereocenters. The van der Waals surface area contributed by atoms with Crippen LogP contribution in [0.1, 0.15) is 27.0 Å². The summed E-state index contributed by atoms with van der Waals surface area (Å²) in [6.45, 7) is 3.48. The molecule has 0 bridgehead atoms. The maximum absolute atomic E-state index is 13.8. The predicted octanol–water partition coefficient (Wildman–Crippen LogP) is 5.75. The van der Waals surface area contributed by atoms with Crippen LogP contribution in [0.15, 0.2) is 73.4 Å². The van der Waals surface area contributed by atoms with Gasteiger partial charge in [0.15, 0.2) is 5.82 Å². The molecule has 5 rings (SSSR count). The highest BCUT2D eigenvalue weighted by Crippen LogP contribution is 2.35. The number of fused-ring (bicyclic) bond motifs is 1. The first-order valence-electron chi connectivity index (χ1n) is 14.3. The highest BCUT2D eigenvalue weighted by Gasteiger charge is 2.32. The Labute approximate surface area is 263 Å². The minimum Gasteiger partial charge on any atom is -0.373 e. The van der Waals surface area contributed by atoms with Gasteiger partial charge >= 0.3 is 6.18 Å². The third-order valence-electron chi connectivity index (χ3n) is 7.16. The summed E-state index contributed by atoms with van der Waals surface area (Å²) in [6, 6.07) is 12.3. The SMILES string of the molecule is Cc1ccc(C(=O)Nc2cc(N(C)CCN(C)C)cc(C(F)(F)F)c2)cc1Nc1ncnc2cnc(NCc3ccncc3)nc12. The topological polar surface area (TPSA) is 124 Å². The lowest BCUT2D eigenvalue weighted by Crippen LogP contribution is -2.28. The van der Waals surface area contributed by atoms with E-state index in [1.165, 1.54) is 12.4 Å². The predicted molar refractivity (Wildman–Crippen MR) is 172 cm³/mol. The van der Waals surface area contributed by atoms with Crippen LogP contribution in [0.3, 0.4) is 0 Å². The zero-order chi connectivity index (χ0) is 32.8. The Kier molecular flexibility index (Phi) is 9.56. The lowest BCUT2D eigenvalue weighted by Gasteiger charge is -2.23. The van der Waals surface area contributed by atoms with Crippen LogP contribution in [-0.4, -0.2) is 70.0 Å². The molecule has 46 heavy (non-hydrogen) atoms. The van der Waals surface area contributed by atoms with Crippen LogP contribution < -0.4 is 20.9 Å². The summed E-state index contributed by atoms with van der Waals surface area (Å²) in [4.78, 5) is 38.6. The van der Waals surface area contributed by atoms with Crippen LogP contribution >= 0.6 is 0 Å². The molecule has 0 spiro atoms. The van der Waals surface area contributed by atoms with Crippen molar-refractivity contribution in [1.29, 1.82) is 0 Å². The van der Waals surface area contributed by atoms with Crippen LogP contribution in [-0.2, 0) is 12.7 Å². The molecule has 2 aromatic carbocycles. The number of nitrogens with zero attached hydrogens (tertiary/aromatic N) is 7. The molecule has 0 saturated carbocycles. The van der Waals surface area contributed by atoms with E-state index in [1.54, 1.807) is 48.7 Å². The summed E-state index contributed by atoms with van der Waals surface area (Å²) < 4.78 is 41.3. The van der Waals surface area contributed by atoms with Gasteiger partial charge in [-0.2, -0.15) is 13.2 Å². The Hall–Kier alpha value is -5.37. The molecule has 3 N–H and O–H groups in total. The van der Waals surface area contributed by atoms with Crippen molar-refractivity contribution in [3.63, 3.8) is 0 Å². The fourth-order valence-electron chi connectivity index (χ4n) is 4.49. The normalized spacial score (nSPS) is 11.5. The van der Waals surface area contributed by atoms with Crippen LogP contribution in [0.25, 0.3) is 11.0 Å². The molecule has 0 aliphatic rings. The fourth-order valence-corrected chi connectivity index (χ4v) is 4.49. The lowest BCUT2D eigenvalue weighted by atomic mass is 10.1. The number of halogens is 3. The first-order chi connectivity index (χ1) is 22.0.